The van der Waals surface area contributed by atoms with Crippen LogP contribution in [0.1, 0.15) is 23.7 Å². The van der Waals surface area contributed by atoms with Crippen molar-refractivity contribution < 1.29 is 13.9 Å². The van der Waals surface area contributed by atoms with Crippen LogP contribution in [0.2, 0.25) is 5.02 Å². The number of carbonyl (C=O) groups is 1. The number of hydrogen-bond donors (Lipinski definition) is 2. The average molecular weight is 443 g/mol. The quantitative estimate of drug-likeness (QED) is 0.547. The molecule has 1 saturated heterocycles. The van der Waals surface area contributed by atoms with E-state index < -0.39 is 5.82 Å². The number of carbonyl (C=O) groups excluding carboxylic acids is 1. The highest BCUT2D eigenvalue weighted by Crippen LogP contribution is 2.26. The number of para-hydroxylation sites is 1. The minimum absolute atomic E-state index is 0.209. The highest BCUT2D eigenvalue weighted by Gasteiger charge is 2.27. The molecule has 2 heterocycles. The van der Waals surface area contributed by atoms with E-state index in [0.717, 1.165) is 43.1 Å². The van der Waals surface area contributed by atoms with Gasteiger partial charge in [0.25, 0.3) is 0 Å². The van der Waals surface area contributed by atoms with E-state index in [1.54, 1.807) is 30.3 Å². The van der Waals surface area contributed by atoms with E-state index in [2.05, 4.69) is 26.5 Å². The molecular formula is C23H24ClFN4O2. The fraction of sp³-hybridized carbons (Fsp3) is 0.304. The Morgan fingerprint density at radius 2 is 2.06 bits per heavy atom. The number of hydrogen-bond acceptors (Lipinski definition) is 4. The summed E-state index contributed by atoms with van der Waals surface area (Å²) in [5.74, 6) is 0.403. The first kappa shape index (κ1) is 21.3. The van der Waals surface area contributed by atoms with E-state index in [-0.39, 0.29) is 24.1 Å². The first-order valence-electron chi connectivity index (χ1n) is 10.3. The monoisotopic (exact) mass is 442 g/mol. The third-order valence-electron chi connectivity index (χ3n) is 5.31. The molecule has 1 aliphatic heterocycles. The third kappa shape index (κ3) is 5.83. The van der Waals surface area contributed by atoms with Crippen molar-refractivity contribution in [1.82, 2.24) is 15.1 Å². The van der Waals surface area contributed by atoms with Gasteiger partial charge in [-0.2, -0.15) is 5.10 Å². The second-order valence-corrected chi connectivity index (χ2v) is 8.06. The van der Waals surface area contributed by atoms with Crippen LogP contribution in [0.4, 0.5) is 10.1 Å². The molecule has 162 valence electrons. The maximum absolute atomic E-state index is 13.7. The molecule has 1 atom stereocenters. The number of ether oxygens (including phenoxy) is 1. The lowest BCUT2D eigenvalue weighted by Crippen LogP contribution is -2.31. The summed E-state index contributed by atoms with van der Waals surface area (Å²) in [4.78, 5) is 14.3. The number of benzene rings is 2. The zero-order chi connectivity index (χ0) is 21.6. The van der Waals surface area contributed by atoms with Gasteiger partial charge in [-0.1, -0.05) is 23.7 Å². The molecule has 6 nitrogen and oxygen atoms in total. The normalized spacial score (nSPS) is 16.4. The number of amides is 1. The van der Waals surface area contributed by atoms with Crippen molar-refractivity contribution in [1.29, 1.82) is 0 Å². The van der Waals surface area contributed by atoms with E-state index in [1.165, 1.54) is 6.07 Å². The molecule has 0 bridgehead atoms. The van der Waals surface area contributed by atoms with Crippen LogP contribution in [0, 0.1) is 5.82 Å². The van der Waals surface area contributed by atoms with E-state index in [1.807, 2.05) is 12.1 Å². The number of aromatic amines is 1. The van der Waals surface area contributed by atoms with Gasteiger partial charge in [-0.15, -0.1) is 0 Å². The first-order valence-corrected chi connectivity index (χ1v) is 10.6. The Labute approximate surface area is 185 Å². The summed E-state index contributed by atoms with van der Waals surface area (Å²) in [5.41, 5.74) is 2.22. The lowest BCUT2D eigenvalue weighted by Gasteiger charge is -2.15. The van der Waals surface area contributed by atoms with Gasteiger partial charge in [0.2, 0.25) is 5.91 Å². The van der Waals surface area contributed by atoms with Gasteiger partial charge in [-0.3, -0.25) is 14.8 Å². The van der Waals surface area contributed by atoms with Gasteiger partial charge in [-0.05, 0) is 55.4 Å². The zero-order valence-electron chi connectivity index (χ0n) is 17.0. The lowest BCUT2D eigenvalue weighted by atomic mass is 10.0. The Balaban J connectivity index is 1.23. The Kier molecular flexibility index (Phi) is 6.84. The first-order chi connectivity index (χ1) is 15.1. The van der Waals surface area contributed by atoms with E-state index >= 15 is 0 Å². The fourth-order valence-corrected chi connectivity index (χ4v) is 3.83. The maximum atomic E-state index is 13.7. The molecule has 0 aliphatic carbocycles. The third-order valence-corrected chi connectivity index (χ3v) is 5.56. The van der Waals surface area contributed by atoms with Gasteiger partial charge >= 0.3 is 0 Å². The van der Waals surface area contributed by atoms with Crippen molar-refractivity contribution in [3.63, 3.8) is 0 Å². The predicted molar refractivity (Wildman–Crippen MR) is 118 cm³/mol. The van der Waals surface area contributed by atoms with Crippen LogP contribution in [-0.4, -0.2) is 47.2 Å². The van der Waals surface area contributed by atoms with E-state index in [4.69, 9.17) is 16.3 Å². The molecule has 4 rings (SSSR count). The highest BCUT2D eigenvalue weighted by molar-refractivity contribution is 6.30. The largest absolute Gasteiger partial charge is 0.493 e. The fourth-order valence-electron chi connectivity index (χ4n) is 3.70. The van der Waals surface area contributed by atoms with Crippen LogP contribution in [-0.2, 0) is 11.2 Å². The standard InChI is InChI=1S/C23H24ClFN4O2/c24-17-5-7-19(8-6-17)31-12-10-18-13-22(28-27-18)16-9-11-29(14-16)15-23(30)26-21-4-2-1-3-20(21)25/h1-8,13,16H,9-12,14-15H2,(H,26,30)(H,27,28). The molecular weight excluding hydrogens is 419 g/mol. The Morgan fingerprint density at radius 3 is 2.87 bits per heavy atom. The van der Waals surface area contributed by atoms with Gasteiger partial charge in [0, 0.05) is 29.6 Å². The molecule has 2 N–H and O–H groups in total. The number of H-pyrrole nitrogens is 1. The molecule has 0 radical (unpaired) electrons. The highest BCUT2D eigenvalue weighted by atomic mass is 35.5. The summed E-state index contributed by atoms with van der Waals surface area (Å²) in [7, 11) is 0. The van der Waals surface area contributed by atoms with Gasteiger partial charge in [0.05, 0.1) is 24.5 Å². The van der Waals surface area contributed by atoms with Crippen LogP contribution >= 0.6 is 11.6 Å². The Hall–Kier alpha value is -2.90. The predicted octanol–water partition coefficient (Wildman–Crippen LogP) is 4.25. The molecule has 1 fully saturated rings. The molecule has 0 spiro atoms. The lowest BCUT2D eigenvalue weighted by molar-refractivity contribution is -0.117. The maximum Gasteiger partial charge on any atom is 0.238 e. The number of nitrogens with zero attached hydrogens (tertiary/aromatic N) is 2. The van der Waals surface area contributed by atoms with Crippen LogP contribution in [0.5, 0.6) is 5.75 Å². The Bertz CT molecular complexity index is 1020. The molecule has 31 heavy (non-hydrogen) atoms. The van der Waals surface area contributed by atoms with Crippen LogP contribution in [0.25, 0.3) is 0 Å². The SMILES string of the molecule is O=C(CN1CCC(c2cc(CCOc3ccc(Cl)cc3)[nH]n2)C1)Nc1ccccc1F. The summed E-state index contributed by atoms with van der Waals surface area (Å²) >= 11 is 5.88. The van der Waals surface area contributed by atoms with Crippen molar-refractivity contribution in [2.75, 3.05) is 31.6 Å². The van der Waals surface area contributed by atoms with Gasteiger partial charge in [-0.25, -0.2) is 4.39 Å². The van der Waals surface area contributed by atoms with Crippen LogP contribution < -0.4 is 10.1 Å². The van der Waals surface area contributed by atoms with Crippen LogP contribution in [0.3, 0.4) is 0 Å². The van der Waals surface area contributed by atoms with Gasteiger partial charge in [0.1, 0.15) is 11.6 Å². The number of nitrogens with one attached hydrogen (secondary N) is 2. The minimum Gasteiger partial charge on any atom is -0.493 e. The molecule has 1 amide bonds. The number of anilines is 1. The van der Waals surface area contributed by atoms with Crippen molar-refractivity contribution in [3.8, 4) is 5.75 Å². The number of halogens is 2. The molecule has 1 unspecified atom stereocenters. The molecule has 0 saturated carbocycles. The molecule has 3 aromatic rings. The number of rotatable bonds is 8. The van der Waals surface area contributed by atoms with Crippen molar-refractivity contribution in [3.05, 3.63) is 76.8 Å². The summed E-state index contributed by atoms with van der Waals surface area (Å²) in [6.45, 7) is 2.32. The second kappa shape index (κ2) is 9.94. The number of likely N-dealkylation sites (tertiary alicyclic amines) is 1. The van der Waals surface area contributed by atoms with Gasteiger partial charge in [0.15, 0.2) is 0 Å². The summed E-state index contributed by atoms with van der Waals surface area (Å²) < 4.78 is 19.4. The Morgan fingerprint density at radius 1 is 1.26 bits per heavy atom. The summed E-state index contributed by atoms with van der Waals surface area (Å²) in [6, 6.07) is 15.5. The van der Waals surface area contributed by atoms with Crippen molar-refractivity contribution in [2.45, 2.75) is 18.8 Å². The smallest absolute Gasteiger partial charge is 0.238 e. The topological polar surface area (TPSA) is 70.2 Å². The summed E-state index contributed by atoms with van der Waals surface area (Å²) in [6.07, 6.45) is 1.65. The second-order valence-electron chi connectivity index (χ2n) is 7.62. The molecule has 1 aliphatic rings. The molecule has 1 aromatic heterocycles. The van der Waals surface area contributed by atoms with Crippen molar-refractivity contribution >= 4 is 23.2 Å². The summed E-state index contributed by atoms with van der Waals surface area (Å²) in [5, 5.41) is 10.9. The molecule has 2 aromatic carbocycles. The zero-order valence-corrected chi connectivity index (χ0v) is 17.7. The van der Waals surface area contributed by atoms with E-state index in [9.17, 15) is 9.18 Å². The van der Waals surface area contributed by atoms with E-state index in [0.29, 0.717) is 11.6 Å². The van der Waals surface area contributed by atoms with Crippen molar-refractivity contribution in [2.24, 2.45) is 0 Å². The van der Waals surface area contributed by atoms with Crippen LogP contribution in [0.15, 0.2) is 54.6 Å². The average Bonchev–Trinajstić information content (AvgIpc) is 3.41. The minimum atomic E-state index is -0.431. The molecule has 8 heteroatoms. The number of aromatic nitrogens is 2. The van der Waals surface area contributed by atoms with Gasteiger partial charge < -0.3 is 10.1 Å².